The van der Waals surface area contributed by atoms with E-state index in [1.165, 1.54) is 36.4 Å². The summed E-state index contributed by atoms with van der Waals surface area (Å²) in [7, 11) is -3.95. The first kappa shape index (κ1) is 18.2. The topological polar surface area (TPSA) is 126 Å². The first-order valence-corrected chi connectivity index (χ1v) is 8.51. The number of sulfonamides is 1. The Labute approximate surface area is 144 Å². The number of rotatable bonds is 6. The molecule has 0 aliphatic rings. The SMILES string of the molecule is Cc1ccc(/C=C/C(=O)[O-])cc1S(=O)(=O)Nc1ccc(C(=O)[O-])cc1. The summed E-state index contributed by atoms with van der Waals surface area (Å²) < 4.78 is 27.4. The molecule has 0 bridgehead atoms. The van der Waals surface area contributed by atoms with Crippen molar-refractivity contribution in [1.82, 2.24) is 0 Å². The highest BCUT2D eigenvalue weighted by Gasteiger charge is 2.17. The zero-order chi connectivity index (χ0) is 18.6. The third-order valence-electron chi connectivity index (χ3n) is 3.29. The molecule has 0 saturated heterocycles. The predicted octanol–water partition coefficient (Wildman–Crippen LogP) is -0.0776. The normalized spacial score (nSPS) is 11.4. The molecule has 0 amide bonds. The van der Waals surface area contributed by atoms with Gasteiger partial charge < -0.3 is 19.8 Å². The number of carbonyl (C=O) groups is 2. The Balaban J connectivity index is 2.33. The zero-order valence-corrected chi connectivity index (χ0v) is 13.9. The number of aryl methyl sites for hydroxylation is 1. The molecule has 0 atom stereocenters. The van der Waals surface area contributed by atoms with Crippen molar-refractivity contribution in [2.75, 3.05) is 4.72 Å². The molecule has 8 heteroatoms. The Morgan fingerprint density at radius 1 is 1.04 bits per heavy atom. The van der Waals surface area contributed by atoms with Gasteiger partial charge in [-0.1, -0.05) is 30.3 Å². The largest absolute Gasteiger partial charge is 0.545 e. The molecule has 0 unspecified atom stereocenters. The molecule has 0 aliphatic carbocycles. The minimum absolute atomic E-state index is 0.0306. The molecule has 0 radical (unpaired) electrons. The minimum atomic E-state index is -3.95. The Bertz CT molecular complexity index is 946. The minimum Gasteiger partial charge on any atom is -0.545 e. The number of hydrogen-bond donors (Lipinski definition) is 1. The van der Waals surface area contributed by atoms with E-state index in [1.807, 2.05) is 0 Å². The van der Waals surface area contributed by atoms with Crippen LogP contribution in [-0.2, 0) is 14.8 Å². The molecule has 0 aromatic heterocycles. The highest BCUT2D eigenvalue weighted by molar-refractivity contribution is 7.92. The first-order chi connectivity index (χ1) is 11.7. The van der Waals surface area contributed by atoms with E-state index in [2.05, 4.69) is 4.72 Å². The van der Waals surface area contributed by atoms with Crippen LogP contribution in [0.4, 0.5) is 5.69 Å². The maximum Gasteiger partial charge on any atom is 0.262 e. The Morgan fingerprint density at radius 3 is 2.24 bits per heavy atom. The summed E-state index contributed by atoms with van der Waals surface area (Å²) in [6, 6.07) is 9.49. The quantitative estimate of drug-likeness (QED) is 0.719. The Kier molecular flexibility index (Phi) is 5.23. The third kappa shape index (κ3) is 4.67. The first-order valence-electron chi connectivity index (χ1n) is 7.03. The van der Waals surface area contributed by atoms with Crippen LogP contribution in [0.1, 0.15) is 21.5 Å². The van der Waals surface area contributed by atoms with Gasteiger partial charge in [-0.25, -0.2) is 8.42 Å². The molecule has 2 aromatic carbocycles. The van der Waals surface area contributed by atoms with E-state index in [0.29, 0.717) is 11.1 Å². The summed E-state index contributed by atoms with van der Waals surface area (Å²) in [5.74, 6) is -2.76. The molecule has 2 rings (SSSR count). The number of hydrogen-bond acceptors (Lipinski definition) is 6. The molecule has 2 aromatic rings. The van der Waals surface area contributed by atoms with Crippen LogP contribution in [0.25, 0.3) is 6.08 Å². The number of carboxylic acid groups (broad SMARTS) is 2. The summed E-state index contributed by atoms with van der Waals surface area (Å²) in [6.07, 6.45) is 2.02. The van der Waals surface area contributed by atoms with E-state index < -0.39 is 22.0 Å². The van der Waals surface area contributed by atoms with Gasteiger partial charge in [0.1, 0.15) is 0 Å². The second kappa shape index (κ2) is 7.18. The molecular formula is C17H13NO6S-2. The van der Waals surface area contributed by atoms with Gasteiger partial charge in [-0.15, -0.1) is 0 Å². The monoisotopic (exact) mass is 359 g/mol. The van der Waals surface area contributed by atoms with Crippen LogP contribution in [0.2, 0.25) is 0 Å². The third-order valence-corrected chi connectivity index (χ3v) is 4.81. The molecule has 0 spiro atoms. The van der Waals surface area contributed by atoms with E-state index in [1.54, 1.807) is 19.1 Å². The Morgan fingerprint density at radius 2 is 1.68 bits per heavy atom. The summed E-state index contributed by atoms with van der Waals surface area (Å²) in [5.41, 5.74) is 0.945. The fourth-order valence-electron chi connectivity index (χ4n) is 2.06. The maximum atomic E-state index is 12.5. The Hall–Kier alpha value is -3.13. The predicted molar refractivity (Wildman–Crippen MR) is 86.8 cm³/mol. The second-order valence-corrected chi connectivity index (χ2v) is 6.80. The molecule has 25 heavy (non-hydrogen) atoms. The second-order valence-electron chi connectivity index (χ2n) is 5.15. The number of carboxylic acids is 2. The number of benzene rings is 2. The van der Waals surface area contributed by atoms with Crippen molar-refractivity contribution in [3.8, 4) is 0 Å². The summed E-state index contributed by atoms with van der Waals surface area (Å²) in [6.45, 7) is 1.60. The molecule has 130 valence electrons. The van der Waals surface area contributed by atoms with Gasteiger partial charge in [0.2, 0.25) is 0 Å². The van der Waals surface area contributed by atoms with Crippen LogP contribution >= 0.6 is 0 Å². The highest BCUT2D eigenvalue weighted by Crippen LogP contribution is 2.21. The number of aromatic carboxylic acids is 1. The lowest BCUT2D eigenvalue weighted by Gasteiger charge is -2.12. The van der Waals surface area contributed by atoms with E-state index >= 15 is 0 Å². The van der Waals surface area contributed by atoms with Crippen molar-refractivity contribution in [3.63, 3.8) is 0 Å². The standard InChI is InChI=1S/C17H15NO6S/c1-11-2-3-12(4-9-16(19)20)10-15(11)25(23,24)18-14-7-5-13(6-8-14)17(21)22/h2-10,18H,1H3,(H,19,20)(H,21,22)/p-2/b9-4+. The molecular weight excluding hydrogens is 346 g/mol. The van der Waals surface area contributed by atoms with Crippen LogP contribution < -0.4 is 14.9 Å². The van der Waals surface area contributed by atoms with E-state index in [-0.39, 0.29) is 16.1 Å². The molecule has 7 nitrogen and oxygen atoms in total. The molecule has 0 heterocycles. The number of carbonyl (C=O) groups excluding carboxylic acids is 2. The summed E-state index contributed by atoms with van der Waals surface area (Å²) in [4.78, 5) is 21.1. The van der Waals surface area contributed by atoms with Crippen molar-refractivity contribution < 1.29 is 28.2 Å². The van der Waals surface area contributed by atoms with Crippen molar-refractivity contribution in [2.24, 2.45) is 0 Å². The van der Waals surface area contributed by atoms with Crippen LogP contribution in [0.3, 0.4) is 0 Å². The van der Waals surface area contributed by atoms with Gasteiger partial charge in [0.15, 0.2) is 0 Å². The average Bonchev–Trinajstić information content (AvgIpc) is 2.54. The molecule has 0 aliphatic heterocycles. The summed E-state index contributed by atoms with van der Waals surface area (Å²) >= 11 is 0. The van der Waals surface area contributed by atoms with Crippen LogP contribution in [-0.4, -0.2) is 20.4 Å². The highest BCUT2D eigenvalue weighted by atomic mass is 32.2. The van der Waals surface area contributed by atoms with E-state index in [4.69, 9.17) is 0 Å². The van der Waals surface area contributed by atoms with Crippen LogP contribution in [0.5, 0.6) is 0 Å². The molecule has 0 fully saturated rings. The van der Waals surface area contributed by atoms with Crippen LogP contribution in [0.15, 0.2) is 53.4 Å². The zero-order valence-electron chi connectivity index (χ0n) is 13.1. The maximum absolute atomic E-state index is 12.5. The van der Waals surface area contributed by atoms with Crippen LogP contribution in [0, 0.1) is 6.92 Å². The van der Waals surface area contributed by atoms with Crippen molar-refractivity contribution in [3.05, 3.63) is 65.2 Å². The van der Waals surface area contributed by atoms with Gasteiger partial charge in [0.25, 0.3) is 10.0 Å². The van der Waals surface area contributed by atoms with Gasteiger partial charge in [-0.3, -0.25) is 4.72 Å². The van der Waals surface area contributed by atoms with Gasteiger partial charge in [-0.05, 0) is 47.9 Å². The van der Waals surface area contributed by atoms with E-state index in [9.17, 15) is 28.2 Å². The fourth-order valence-corrected chi connectivity index (χ4v) is 3.40. The van der Waals surface area contributed by atoms with Gasteiger partial charge in [0, 0.05) is 5.69 Å². The van der Waals surface area contributed by atoms with Crippen molar-refractivity contribution in [1.29, 1.82) is 0 Å². The fraction of sp³-hybridized carbons (Fsp3) is 0.0588. The van der Waals surface area contributed by atoms with Crippen molar-refractivity contribution >= 4 is 33.7 Å². The smallest absolute Gasteiger partial charge is 0.262 e. The lowest BCUT2D eigenvalue weighted by Crippen LogP contribution is -2.22. The lowest BCUT2D eigenvalue weighted by atomic mass is 10.1. The van der Waals surface area contributed by atoms with Gasteiger partial charge in [0.05, 0.1) is 16.8 Å². The number of aliphatic carboxylic acids is 1. The van der Waals surface area contributed by atoms with Gasteiger partial charge >= 0.3 is 0 Å². The lowest BCUT2D eigenvalue weighted by molar-refractivity contribution is -0.297. The number of nitrogens with one attached hydrogen (secondary N) is 1. The van der Waals surface area contributed by atoms with E-state index in [0.717, 1.165) is 6.08 Å². The molecule has 0 saturated carbocycles. The summed E-state index contributed by atoms with van der Waals surface area (Å²) in [5, 5.41) is 21.2. The average molecular weight is 359 g/mol. The number of anilines is 1. The van der Waals surface area contributed by atoms with Gasteiger partial charge in [-0.2, -0.15) is 0 Å². The molecule has 1 N–H and O–H groups in total. The van der Waals surface area contributed by atoms with Crippen molar-refractivity contribution in [2.45, 2.75) is 11.8 Å².